The van der Waals surface area contributed by atoms with Crippen LogP contribution in [0.25, 0.3) is 0 Å². The molecule has 2 aromatic rings. The summed E-state index contributed by atoms with van der Waals surface area (Å²) >= 11 is 1.91. The van der Waals surface area contributed by atoms with Gasteiger partial charge in [-0.3, -0.25) is 0 Å². The van der Waals surface area contributed by atoms with Gasteiger partial charge in [0.15, 0.2) is 0 Å². The normalized spacial score (nSPS) is 20.2. The van der Waals surface area contributed by atoms with Gasteiger partial charge in [0, 0.05) is 23.4 Å². The largest absolute Gasteiger partial charge is 0.469 e. The molecule has 0 amide bonds. The summed E-state index contributed by atoms with van der Waals surface area (Å²) < 4.78 is 5.39. The molecule has 2 aromatic heterocycles. The number of thiophene rings is 1. The lowest BCUT2D eigenvalue weighted by molar-refractivity contribution is 0.388. The Bertz CT molecular complexity index is 503. The molecule has 102 valence electrons. The second-order valence-electron chi connectivity index (χ2n) is 5.43. The summed E-state index contributed by atoms with van der Waals surface area (Å²) in [5.41, 5.74) is 1.54. The maximum Gasteiger partial charge on any atom is 0.103 e. The fourth-order valence-electron chi connectivity index (χ4n) is 2.90. The molecule has 0 aliphatic heterocycles. The number of furan rings is 1. The molecule has 0 saturated heterocycles. The standard InChI is InChI=1S/C16H21NOS/c1-12(7-8-13-4-3-10-18-13)17-15-5-2-6-16-14(15)9-11-19-16/h3-4,9-12,15,17H,2,5-8H2,1H3. The maximum atomic E-state index is 5.39. The topological polar surface area (TPSA) is 25.2 Å². The first kappa shape index (κ1) is 12.9. The molecule has 0 spiro atoms. The van der Waals surface area contributed by atoms with Crippen LogP contribution in [-0.2, 0) is 12.8 Å². The van der Waals surface area contributed by atoms with Crippen LogP contribution in [0.4, 0.5) is 0 Å². The van der Waals surface area contributed by atoms with Crippen molar-refractivity contribution >= 4 is 11.3 Å². The van der Waals surface area contributed by atoms with Gasteiger partial charge in [-0.1, -0.05) is 0 Å². The molecular formula is C16H21NOS. The van der Waals surface area contributed by atoms with E-state index in [-0.39, 0.29) is 0 Å². The first-order valence-corrected chi connectivity index (χ1v) is 8.05. The van der Waals surface area contributed by atoms with Crippen molar-refractivity contribution in [3.8, 4) is 0 Å². The van der Waals surface area contributed by atoms with E-state index in [0.29, 0.717) is 12.1 Å². The third-order valence-corrected chi connectivity index (χ3v) is 4.94. The van der Waals surface area contributed by atoms with Crippen molar-refractivity contribution in [2.24, 2.45) is 0 Å². The van der Waals surface area contributed by atoms with Gasteiger partial charge in [-0.05, 0) is 61.7 Å². The van der Waals surface area contributed by atoms with E-state index in [2.05, 4.69) is 29.8 Å². The van der Waals surface area contributed by atoms with Gasteiger partial charge < -0.3 is 9.73 Å². The minimum absolute atomic E-state index is 0.529. The number of fused-ring (bicyclic) bond motifs is 1. The fourth-order valence-corrected chi connectivity index (χ4v) is 3.89. The predicted octanol–water partition coefficient (Wildman–Crippen LogP) is 4.33. The van der Waals surface area contributed by atoms with Gasteiger partial charge in [-0.2, -0.15) is 0 Å². The van der Waals surface area contributed by atoms with Gasteiger partial charge in [0.25, 0.3) is 0 Å². The van der Waals surface area contributed by atoms with E-state index >= 15 is 0 Å². The van der Waals surface area contributed by atoms with Crippen LogP contribution in [0.15, 0.2) is 34.3 Å². The Balaban J connectivity index is 1.54. The van der Waals surface area contributed by atoms with Crippen LogP contribution in [0.3, 0.4) is 0 Å². The lowest BCUT2D eigenvalue weighted by atomic mass is 9.93. The van der Waals surface area contributed by atoms with Crippen molar-refractivity contribution in [3.63, 3.8) is 0 Å². The number of hydrogen-bond acceptors (Lipinski definition) is 3. The molecule has 0 bridgehead atoms. The Kier molecular flexibility index (Phi) is 4.04. The molecule has 2 heterocycles. The van der Waals surface area contributed by atoms with Gasteiger partial charge >= 0.3 is 0 Å². The Hall–Kier alpha value is -1.06. The predicted molar refractivity (Wildman–Crippen MR) is 79.6 cm³/mol. The molecule has 3 rings (SSSR count). The first-order valence-electron chi connectivity index (χ1n) is 7.17. The summed E-state index contributed by atoms with van der Waals surface area (Å²) in [4.78, 5) is 1.59. The summed E-state index contributed by atoms with van der Waals surface area (Å²) in [5.74, 6) is 1.09. The Morgan fingerprint density at radius 3 is 3.26 bits per heavy atom. The van der Waals surface area contributed by atoms with Crippen LogP contribution >= 0.6 is 11.3 Å². The molecule has 3 heteroatoms. The zero-order valence-electron chi connectivity index (χ0n) is 11.4. The zero-order chi connectivity index (χ0) is 13.1. The van der Waals surface area contributed by atoms with E-state index in [9.17, 15) is 0 Å². The number of aryl methyl sites for hydroxylation is 2. The molecule has 1 N–H and O–H groups in total. The third kappa shape index (κ3) is 3.10. The molecule has 2 nitrogen and oxygen atoms in total. The van der Waals surface area contributed by atoms with Crippen molar-refractivity contribution in [1.82, 2.24) is 5.32 Å². The summed E-state index contributed by atoms with van der Waals surface area (Å²) in [5, 5.41) is 6.02. The van der Waals surface area contributed by atoms with Gasteiger partial charge in [-0.15, -0.1) is 11.3 Å². The van der Waals surface area contributed by atoms with E-state index in [1.807, 2.05) is 17.4 Å². The smallest absolute Gasteiger partial charge is 0.103 e. The monoisotopic (exact) mass is 275 g/mol. The Labute approximate surface area is 118 Å². The van der Waals surface area contributed by atoms with E-state index < -0.39 is 0 Å². The second kappa shape index (κ2) is 5.93. The molecule has 0 radical (unpaired) electrons. The van der Waals surface area contributed by atoms with Crippen molar-refractivity contribution in [2.45, 2.75) is 51.1 Å². The van der Waals surface area contributed by atoms with Crippen LogP contribution in [-0.4, -0.2) is 6.04 Å². The summed E-state index contributed by atoms with van der Waals surface area (Å²) in [6, 6.07) is 7.41. The van der Waals surface area contributed by atoms with E-state index in [1.54, 1.807) is 16.7 Å². The quantitative estimate of drug-likeness (QED) is 0.878. The van der Waals surface area contributed by atoms with Crippen LogP contribution < -0.4 is 5.32 Å². The first-order chi connectivity index (χ1) is 9.33. The highest BCUT2D eigenvalue weighted by Gasteiger charge is 2.22. The summed E-state index contributed by atoms with van der Waals surface area (Å²) in [6.45, 7) is 2.28. The highest BCUT2D eigenvalue weighted by Crippen LogP contribution is 2.33. The van der Waals surface area contributed by atoms with Crippen LogP contribution in [0.1, 0.15) is 48.4 Å². The zero-order valence-corrected chi connectivity index (χ0v) is 12.2. The van der Waals surface area contributed by atoms with Crippen molar-refractivity contribution in [2.75, 3.05) is 0 Å². The van der Waals surface area contributed by atoms with Gasteiger partial charge in [-0.25, -0.2) is 0 Å². The fraction of sp³-hybridized carbons (Fsp3) is 0.500. The lowest BCUT2D eigenvalue weighted by Gasteiger charge is -2.27. The second-order valence-corrected chi connectivity index (χ2v) is 6.43. The molecule has 0 fully saturated rings. The SMILES string of the molecule is CC(CCc1ccco1)NC1CCCc2sccc21. The average molecular weight is 275 g/mol. The Morgan fingerprint density at radius 1 is 1.47 bits per heavy atom. The molecular weight excluding hydrogens is 254 g/mol. The molecule has 19 heavy (non-hydrogen) atoms. The molecule has 1 aliphatic rings. The van der Waals surface area contributed by atoms with Crippen molar-refractivity contribution in [3.05, 3.63) is 46.0 Å². The molecule has 0 aromatic carbocycles. The van der Waals surface area contributed by atoms with E-state index in [1.165, 1.54) is 19.3 Å². The third-order valence-electron chi connectivity index (χ3n) is 3.94. The molecule has 0 saturated carbocycles. The van der Waals surface area contributed by atoms with E-state index in [0.717, 1.165) is 18.6 Å². The highest BCUT2D eigenvalue weighted by atomic mass is 32.1. The highest BCUT2D eigenvalue weighted by molar-refractivity contribution is 7.10. The summed E-state index contributed by atoms with van der Waals surface area (Å²) in [7, 11) is 0. The average Bonchev–Trinajstić information content (AvgIpc) is 3.08. The maximum absolute atomic E-state index is 5.39. The lowest BCUT2D eigenvalue weighted by Crippen LogP contribution is -2.32. The number of hydrogen-bond donors (Lipinski definition) is 1. The summed E-state index contributed by atoms with van der Waals surface area (Å²) in [6.07, 6.45) is 7.76. The molecule has 2 atom stereocenters. The van der Waals surface area contributed by atoms with Crippen LogP contribution in [0.2, 0.25) is 0 Å². The van der Waals surface area contributed by atoms with E-state index in [4.69, 9.17) is 4.42 Å². The van der Waals surface area contributed by atoms with Crippen molar-refractivity contribution < 1.29 is 4.42 Å². The number of nitrogens with one attached hydrogen (secondary N) is 1. The van der Waals surface area contributed by atoms with Gasteiger partial charge in [0.05, 0.1) is 6.26 Å². The number of rotatable bonds is 5. The van der Waals surface area contributed by atoms with Crippen LogP contribution in [0.5, 0.6) is 0 Å². The van der Waals surface area contributed by atoms with Crippen LogP contribution in [0, 0.1) is 0 Å². The minimum Gasteiger partial charge on any atom is -0.469 e. The van der Waals surface area contributed by atoms with Crippen molar-refractivity contribution in [1.29, 1.82) is 0 Å². The minimum atomic E-state index is 0.529. The Morgan fingerprint density at radius 2 is 2.42 bits per heavy atom. The van der Waals surface area contributed by atoms with Gasteiger partial charge in [0.2, 0.25) is 0 Å². The molecule has 1 aliphatic carbocycles. The molecule has 2 unspecified atom stereocenters. The van der Waals surface area contributed by atoms with Gasteiger partial charge in [0.1, 0.15) is 5.76 Å².